The average Bonchev–Trinajstić information content (AvgIpc) is 3.10. The lowest BCUT2D eigenvalue weighted by Crippen LogP contribution is -1.92. The molecule has 0 saturated carbocycles. The minimum Gasteiger partial charge on any atom is -0.497 e. The fourth-order valence-electron chi connectivity index (χ4n) is 2.73. The second-order valence-electron chi connectivity index (χ2n) is 5.38. The topological polar surface area (TPSA) is 27.7 Å². The van der Waals surface area contributed by atoms with Gasteiger partial charge in [-0.15, -0.1) is 0 Å². The second kappa shape index (κ2) is 6.10. The Balaban J connectivity index is 1.77. The predicted molar refractivity (Wildman–Crippen MR) is 93.8 cm³/mol. The summed E-state index contributed by atoms with van der Waals surface area (Å²) in [5.41, 5.74) is 3.76. The van der Waals surface area contributed by atoms with Crippen LogP contribution in [0.3, 0.4) is 0 Å². The minimum atomic E-state index is 0.256. The molecule has 0 aliphatic carbocycles. The molecule has 3 aromatic rings. The van der Waals surface area contributed by atoms with Gasteiger partial charge in [-0.1, -0.05) is 41.9 Å². The van der Waals surface area contributed by atoms with Gasteiger partial charge in [-0.05, 0) is 41.5 Å². The molecule has 4 rings (SSSR count). The smallest absolute Gasteiger partial charge is 0.231 e. The molecule has 1 heterocycles. The van der Waals surface area contributed by atoms with Crippen LogP contribution in [0.4, 0.5) is 0 Å². The van der Waals surface area contributed by atoms with Gasteiger partial charge in [0.1, 0.15) is 5.75 Å². The van der Waals surface area contributed by atoms with Gasteiger partial charge in [0.15, 0.2) is 11.5 Å². The molecule has 0 atom stereocenters. The van der Waals surface area contributed by atoms with Gasteiger partial charge < -0.3 is 14.2 Å². The molecule has 3 aromatic carbocycles. The largest absolute Gasteiger partial charge is 0.497 e. The molecule has 3 nitrogen and oxygen atoms in total. The molecule has 0 fully saturated rings. The van der Waals surface area contributed by atoms with Crippen LogP contribution in [0.1, 0.15) is 0 Å². The Morgan fingerprint density at radius 2 is 1.71 bits per heavy atom. The van der Waals surface area contributed by atoms with E-state index in [1.54, 1.807) is 7.11 Å². The Morgan fingerprint density at radius 3 is 2.50 bits per heavy atom. The Bertz CT molecular complexity index is 888. The van der Waals surface area contributed by atoms with Crippen LogP contribution in [0.15, 0.2) is 54.6 Å². The molecule has 0 unspecified atom stereocenters. The maximum Gasteiger partial charge on any atom is 0.231 e. The maximum atomic E-state index is 6.67. The van der Waals surface area contributed by atoms with Gasteiger partial charge in [0, 0.05) is 11.1 Å². The molecule has 1 radical (unpaired) electrons. The van der Waals surface area contributed by atoms with Gasteiger partial charge in [-0.3, -0.25) is 0 Å². The predicted octanol–water partition coefficient (Wildman–Crippen LogP) is 5.21. The second-order valence-corrected chi connectivity index (χ2v) is 5.75. The number of ether oxygens (including phenoxy) is 3. The zero-order chi connectivity index (χ0) is 16.5. The van der Waals surface area contributed by atoms with E-state index in [1.165, 1.54) is 0 Å². The van der Waals surface area contributed by atoms with Crippen molar-refractivity contribution in [1.29, 1.82) is 0 Å². The molecular weight excluding hydrogens is 324 g/mol. The number of hydrogen-bond acceptors (Lipinski definition) is 3. The molecule has 0 bridgehead atoms. The fourth-order valence-corrected chi connectivity index (χ4v) is 3.07. The van der Waals surface area contributed by atoms with Crippen molar-refractivity contribution in [2.24, 2.45) is 0 Å². The quantitative estimate of drug-likeness (QED) is 0.656. The Kier molecular flexibility index (Phi) is 3.79. The highest BCUT2D eigenvalue weighted by Crippen LogP contribution is 2.40. The lowest BCUT2D eigenvalue weighted by atomic mass is 9.98. The van der Waals surface area contributed by atoms with E-state index in [4.69, 9.17) is 25.8 Å². The van der Waals surface area contributed by atoms with E-state index in [2.05, 4.69) is 6.07 Å². The third kappa shape index (κ3) is 2.57. The standard InChI is InChI=1S/C20H14ClO3/c1-22-15-8-5-13(6-9-15)16-3-2-4-17(20(16)21)14-7-10-18-19(11-14)24-12-23-18/h2,4-11H,12H2,1H3. The summed E-state index contributed by atoms with van der Waals surface area (Å²) in [6, 6.07) is 20.6. The Morgan fingerprint density at radius 1 is 0.958 bits per heavy atom. The summed E-state index contributed by atoms with van der Waals surface area (Å²) in [6.07, 6.45) is 0. The number of hydrogen-bond donors (Lipinski definition) is 0. The fraction of sp³-hybridized carbons (Fsp3) is 0.100. The summed E-state index contributed by atoms with van der Waals surface area (Å²) in [5.74, 6) is 2.30. The first-order valence-electron chi connectivity index (χ1n) is 7.51. The van der Waals surface area contributed by atoms with Crippen LogP contribution in [-0.4, -0.2) is 13.9 Å². The minimum absolute atomic E-state index is 0.256. The van der Waals surface area contributed by atoms with Crippen molar-refractivity contribution in [3.05, 3.63) is 65.7 Å². The van der Waals surface area contributed by atoms with Crippen molar-refractivity contribution in [2.75, 3.05) is 13.9 Å². The summed E-state index contributed by atoms with van der Waals surface area (Å²) < 4.78 is 16.0. The molecule has 0 spiro atoms. The summed E-state index contributed by atoms with van der Waals surface area (Å²) >= 11 is 6.67. The summed E-state index contributed by atoms with van der Waals surface area (Å²) in [5, 5.41) is 0.654. The van der Waals surface area contributed by atoms with Crippen LogP contribution in [0, 0.1) is 6.07 Å². The van der Waals surface area contributed by atoms with Gasteiger partial charge in [0.05, 0.1) is 12.1 Å². The number of rotatable bonds is 3. The van der Waals surface area contributed by atoms with E-state index < -0.39 is 0 Å². The van der Waals surface area contributed by atoms with Gasteiger partial charge in [-0.2, -0.15) is 0 Å². The molecule has 0 N–H and O–H groups in total. The third-order valence-corrected chi connectivity index (χ3v) is 4.39. The van der Waals surface area contributed by atoms with Crippen molar-refractivity contribution < 1.29 is 14.2 Å². The summed E-state index contributed by atoms with van der Waals surface area (Å²) in [4.78, 5) is 0. The average molecular weight is 338 g/mol. The van der Waals surface area contributed by atoms with Gasteiger partial charge in [0.2, 0.25) is 6.79 Å². The van der Waals surface area contributed by atoms with Crippen LogP contribution in [-0.2, 0) is 0 Å². The maximum absolute atomic E-state index is 6.67. The zero-order valence-electron chi connectivity index (χ0n) is 13.0. The number of halogens is 1. The van der Waals surface area contributed by atoms with Crippen LogP contribution in [0.2, 0.25) is 5.02 Å². The summed E-state index contributed by atoms with van der Waals surface area (Å²) in [6.45, 7) is 0.256. The first-order valence-corrected chi connectivity index (χ1v) is 7.89. The molecule has 1 aliphatic heterocycles. The van der Waals surface area contributed by atoms with Crippen molar-refractivity contribution in [1.82, 2.24) is 0 Å². The van der Waals surface area contributed by atoms with Gasteiger partial charge in [0.25, 0.3) is 0 Å². The molecule has 4 heteroatoms. The third-order valence-electron chi connectivity index (χ3n) is 4.00. The van der Waals surface area contributed by atoms with Crippen molar-refractivity contribution in [3.63, 3.8) is 0 Å². The van der Waals surface area contributed by atoms with Crippen LogP contribution in [0.5, 0.6) is 17.2 Å². The first-order chi connectivity index (χ1) is 11.8. The highest BCUT2D eigenvalue weighted by atomic mass is 35.5. The van der Waals surface area contributed by atoms with Gasteiger partial charge >= 0.3 is 0 Å². The van der Waals surface area contributed by atoms with Crippen LogP contribution in [0.25, 0.3) is 22.3 Å². The molecule has 1 aliphatic rings. The molecule has 24 heavy (non-hydrogen) atoms. The Labute approximate surface area is 145 Å². The Hall–Kier alpha value is -2.65. The zero-order valence-corrected chi connectivity index (χ0v) is 13.8. The van der Waals surface area contributed by atoms with E-state index >= 15 is 0 Å². The molecule has 0 aromatic heterocycles. The number of fused-ring (bicyclic) bond motifs is 1. The normalized spacial score (nSPS) is 12.2. The lowest BCUT2D eigenvalue weighted by Gasteiger charge is -2.11. The summed E-state index contributed by atoms with van der Waals surface area (Å²) in [7, 11) is 1.65. The van der Waals surface area contributed by atoms with E-state index in [0.717, 1.165) is 39.5 Å². The van der Waals surface area contributed by atoms with E-state index in [1.807, 2.05) is 54.6 Å². The number of methoxy groups -OCH3 is 1. The number of benzene rings is 3. The van der Waals surface area contributed by atoms with Crippen molar-refractivity contribution in [2.45, 2.75) is 0 Å². The lowest BCUT2D eigenvalue weighted by molar-refractivity contribution is 0.174. The molecule has 0 amide bonds. The van der Waals surface area contributed by atoms with Crippen LogP contribution < -0.4 is 14.2 Å². The molecule has 0 saturated heterocycles. The van der Waals surface area contributed by atoms with E-state index in [9.17, 15) is 0 Å². The molecule has 119 valence electrons. The van der Waals surface area contributed by atoms with Gasteiger partial charge in [-0.25, -0.2) is 0 Å². The highest BCUT2D eigenvalue weighted by Gasteiger charge is 2.16. The van der Waals surface area contributed by atoms with E-state index in [0.29, 0.717) is 5.02 Å². The SMILES string of the molecule is COc1ccc(-c2[c]ccc(-c3ccc4c(c3)OCO4)c2Cl)cc1. The van der Waals surface area contributed by atoms with Crippen molar-refractivity contribution in [3.8, 4) is 39.5 Å². The first kappa shape index (κ1) is 14.9. The van der Waals surface area contributed by atoms with Crippen molar-refractivity contribution >= 4 is 11.6 Å². The monoisotopic (exact) mass is 337 g/mol. The van der Waals surface area contributed by atoms with Crippen LogP contribution >= 0.6 is 11.6 Å². The molecular formula is C20H14ClO3. The van der Waals surface area contributed by atoms with E-state index in [-0.39, 0.29) is 6.79 Å². The highest BCUT2D eigenvalue weighted by molar-refractivity contribution is 6.36.